The molecule has 0 aliphatic carbocycles. The zero-order valence-electron chi connectivity index (χ0n) is 15.5. The van der Waals surface area contributed by atoms with Gasteiger partial charge >= 0.3 is 0 Å². The van der Waals surface area contributed by atoms with Crippen molar-refractivity contribution in [2.24, 2.45) is 0 Å². The first-order valence-corrected chi connectivity index (χ1v) is 11.6. The number of hydrogen-bond donors (Lipinski definition) is 1. The third kappa shape index (κ3) is 10.3. The Bertz CT molecular complexity index is 399. The monoisotopic (exact) mass is 357 g/mol. The lowest BCUT2D eigenvalue weighted by molar-refractivity contribution is 0.547. The molecule has 0 bridgehead atoms. The van der Waals surface area contributed by atoms with Gasteiger partial charge in [0.05, 0.1) is 0 Å². The predicted octanol–water partition coefficient (Wildman–Crippen LogP) is 6.76. The second-order valence-corrected chi connectivity index (χ2v) is 9.69. The average Bonchev–Trinajstić information content (AvgIpc) is 2.97. The van der Waals surface area contributed by atoms with Gasteiger partial charge in [-0.2, -0.15) is 0 Å². The normalized spacial score (nSPS) is 12.0. The van der Waals surface area contributed by atoms with E-state index in [1.807, 2.05) is 10.8 Å². The van der Waals surface area contributed by atoms with Crippen LogP contribution in [0.15, 0.2) is 5.16 Å². The summed E-state index contributed by atoms with van der Waals surface area (Å²) >= 11 is 0. The topological polar surface area (TPSA) is 41.6 Å². The van der Waals surface area contributed by atoms with Crippen molar-refractivity contribution in [2.75, 3.05) is 5.75 Å². The van der Waals surface area contributed by atoms with Crippen LogP contribution in [-0.4, -0.2) is 20.9 Å². The SMILES string of the molecule is CCCCCCCCCCCCSSc1n[nH]c(C(C)(C)C)n1. The van der Waals surface area contributed by atoms with Crippen LogP contribution in [0.1, 0.15) is 97.7 Å². The molecule has 0 aromatic carbocycles. The van der Waals surface area contributed by atoms with Gasteiger partial charge in [0.15, 0.2) is 0 Å². The molecular formula is C18H35N3S2. The van der Waals surface area contributed by atoms with Gasteiger partial charge in [-0.1, -0.05) is 96.3 Å². The van der Waals surface area contributed by atoms with Gasteiger partial charge in [0.25, 0.3) is 0 Å². The lowest BCUT2D eigenvalue weighted by Gasteiger charge is -2.12. The maximum Gasteiger partial charge on any atom is 0.219 e. The molecule has 0 saturated heterocycles. The van der Waals surface area contributed by atoms with Crippen LogP contribution in [0.5, 0.6) is 0 Å². The van der Waals surface area contributed by atoms with Gasteiger partial charge in [0, 0.05) is 11.2 Å². The van der Waals surface area contributed by atoms with E-state index < -0.39 is 0 Å². The number of nitrogens with zero attached hydrogens (tertiary/aromatic N) is 2. The molecule has 0 radical (unpaired) electrons. The number of aromatic nitrogens is 3. The van der Waals surface area contributed by atoms with Crippen LogP contribution >= 0.6 is 21.6 Å². The minimum atomic E-state index is 0.0486. The summed E-state index contributed by atoms with van der Waals surface area (Å²) in [6, 6.07) is 0. The fraction of sp³-hybridized carbons (Fsp3) is 0.889. The van der Waals surface area contributed by atoms with E-state index in [4.69, 9.17) is 0 Å². The van der Waals surface area contributed by atoms with E-state index in [0.29, 0.717) is 0 Å². The lowest BCUT2D eigenvalue weighted by atomic mass is 9.96. The van der Waals surface area contributed by atoms with Crippen molar-refractivity contribution in [1.82, 2.24) is 15.2 Å². The Morgan fingerprint density at radius 2 is 1.43 bits per heavy atom. The Morgan fingerprint density at radius 3 is 1.96 bits per heavy atom. The Morgan fingerprint density at radius 1 is 0.870 bits per heavy atom. The molecule has 1 rings (SSSR count). The van der Waals surface area contributed by atoms with E-state index in [0.717, 1.165) is 11.0 Å². The molecule has 1 aromatic heterocycles. The highest BCUT2D eigenvalue weighted by molar-refractivity contribution is 8.76. The minimum absolute atomic E-state index is 0.0486. The van der Waals surface area contributed by atoms with Gasteiger partial charge < -0.3 is 0 Å². The van der Waals surface area contributed by atoms with E-state index in [-0.39, 0.29) is 5.41 Å². The van der Waals surface area contributed by atoms with Crippen molar-refractivity contribution in [3.8, 4) is 0 Å². The van der Waals surface area contributed by atoms with Crippen LogP contribution < -0.4 is 0 Å². The van der Waals surface area contributed by atoms with Crippen molar-refractivity contribution < 1.29 is 0 Å². The average molecular weight is 358 g/mol. The third-order valence-corrected chi connectivity index (χ3v) is 6.10. The summed E-state index contributed by atoms with van der Waals surface area (Å²) in [6.07, 6.45) is 14.0. The van der Waals surface area contributed by atoms with Gasteiger partial charge in [-0.15, -0.1) is 5.10 Å². The Kier molecular flexibility index (Phi) is 11.1. The van der Waals surface area contributed by atoms with Crippen LogP contribution in [-0.2, 0) is 5.41 Å². The highest BCUT2D eigenvalue weighted by Crippen LogP contribution is 2.30. The van der Waals surface area contributed by atoms with Crippen LogP contribution in [0.2, 0.25) is 0 Å². The second kappa shape index (κ2) is 12.2. The highest BCUT2D eigenvalue weighted by Gasteiger charge is 2.18. The van der Waals surface area contributed by atoms with E-state index in [1.165, 1.54) is 70.0 Å². The third-order valence-electron chi connectivity index (χ3n) is 3.89. The summed E-state index contributed by atoms with van der Waals surface area (Å²) in [5.74, 6) is 2.17. The number of hydrogen-bond acceptors (Lipinski definition) is 4. The van der Waals surface area contributed by atoms with Crippen molar-refractivity contribution in [3.63, 3.8) is 0 Å². The molecule has 0 saturated carbocycles. The molecule has 0 unspecified atom stereocenters. The van der Waals surface area contributed by atoms with Gasteiger partial charge in [0.1, 0.15) is 5.82 Å². The zero-order chi connectivity index (χ0) is 17.0. The standard InChI is InChI=1S/C18H35N3S2/c1-5-6-7-8-9-10-11-12-13-14-15-22-23-17-19-16(20-21-17)18(2,3)4/h5-15H2,1-4H3,(H,19,20,21). The van der Waals surface area contributed by atoms with E-state index >= 15 is 0 Å². The highest BCUT2D eigenvalue weighted by atomic mass is 33.1. The summed E-state index contributed by atoms with van der Waals surface area (Å²) in [6.45, 7) is 8.73. The summed E-state index contributed by atoms with van der Waals surface area (Å²) in [7, 11) is 3.58. The molecule has 0 spiro atoms. The fourth-order valence-corrected chi connectivity index (χ4v) is 4.23. The summed E-state index contributed by atoms with van der Waals surface area (Å²) in [5.41, 5.74) is 0.0486. The molecule has 1 aromatic rings. The first-order valence-electron chi connectivity index (χ1n) is 9.26. The molecule has 1 N–H and O–H groups in total. The van der Waals surface area contributed by atoms with Crippen LogP contribution in [0.4, 0.5) is 0 Å². The van der Waals surface area contributed by atoms with Crippen molar-refractivity contribution in [1.29, 1.82) is 0 Å². The number of rotatable bonds is 13. The molecule has 1 heterocycles. The lowest BCUT2D eigenvalue weighted by Crippen LogP contribution is -2.13. The Hall–Kier alpha value is -0.160. The maximum absolute atomic E-state index is 4.55. The minimum Gasteiger partial charge on any atom is -0.262 e. The van der Waals surface area contributed by atoms with E-state index in [1.54, 1.807) is 10.8 Å². The molecule has 134 valence electrons. The molecule has 0 amide bonds. The molecule has 0 aliphatic heterocycles. The summed E-state index contributed by atoms with van der Waals surface area (Å²) < 4.78 is 0. The number of unbranched alkanes of at least 4 members (excludes halogenated alkanes) is 9. The van der Waals surface area contributed by atoms with E-state index in [9.17, 15) is 0 Å². The summed E-state index contributed by atoms with van der Waals surface area (Å²) in [5, 5.41) is 8.19. The van der Waals surface area contributed by atoms with Crippen LogP contribution in [0, 0.1) is 0 Å². The maximum atomic E-state index is 4.55. The first kappa shape index (κ1) is 20.9. The van der Waals surface area contributed by atoms with Gasteiger partial charge in [-0.05, 0) is 17.2 Å². The Labute approximate surface area is 151 Å². The number of aromatic amines is 1. The predicted molar refractivity (Wildman–Crippen MR) is 105 cm³/mol. The van der Waals surface area contributed by atoms with Crippen LogP contribution in [0.25, 0.3) is 0 Å². The molecule has 0 fully saturated rings. The quantitative estimate of drug-likeness (QED) is 0.312. The molecule has 5 heteroatoms. The van der Waals surface area contributed by atoms with Gasteiger partial charge in [0.2, 0.25) is 5.16 Å². The first-order chi connectivity index (χ1) is 11.0. The van der Waals surface area contributed by atoms with Crippen molar-refractivity contribution in [2.45, 2.75) is 102 Å². The molecule has 0 aliphatic rings. The van der Waals surface area contributed by atoms with Crippen LogP contribution in [0.3, 0.4) is 0 Å². The van der Waals surface area contributed by atoms with Crippen molar-refractivity contribution >= 4 is 21.6 Å². The molecular weight excluding hydrogens is 322 g/mol. The fourth-order valence-electron chi connectivity index (χ4n) is 2.36. The van der Waals surface area contributed by atoms with Crippen molar-refractivity contribution in [3.05, 3.63) is 5.82 Å². The summed E-state index contributed by atoms with van der Waals surface area (Å²) in [4.78, 5) is 4.55. The van der Waals surface area contributed by atoms with Gasteiger partial charge in [-0.3, -0.25) is 5.10 Å². The largest absolute Gasteiger partial charge is 0.262 e. The number of H-pyrrole nitrogens is 1. The van der Waals surface area contributed by atoms with E-state index in [2.05, 4.69) is 42.9 Å². The zero-order valence-corrected chi connectivity index (χ0v) is 17.1. The molecule has 3 nitrogen and oxygen atoms in total. The Balaban J connectivity index is 1.91. The number of nitrogens with one attached hydrogen (secondary N) is 1. The molecule has 0 atom stereocenters. The molecule has 23 heavy (non-hydrogen) atoms. The van der Waals surface area contributed by atoms with Gasteiger partial charge in [-0.25, -0.2) is 4.98 Å². The smallest absolute Gasteiger partial charge is 0.219 e. The second-order valence-electron chi connectivity index (χ2n) is 7.30.